The SMILES string of the molecule is O=C(OCc1ccc([N+](=O)[O-])cc1)C1CCN(C(=O)c2ccco2)CC1. The van der Waals surface area contributed by atoms with E-state index in [4.69, 9.17) is 9.15 Å². The lowest BCUT2D eigenvalue weighted by atomic mass is 9.97. The normalized spacial score (nSPS) is 14.8. The van der Waals surface area contributed by atoms with Crippen molar-refractivity contribution < 1.29 is 23.7 Å². The molecule has 1 fully saturated rings. The summed E-state index contributed by atoms with van der Waals surface area (Å²) in [7, 11) is 0. The Balaban J connectivity index is 1.46. The second-order valence-electron chi connectivity index (χ2n) is 6.08. The summed E-state index contributed by atoms with van der Waals surface area (Å²) in [5, 5.41) is 10.6. The van der Waals surface area contributed by atoms with E-state index in [0.29, 0.717) is 37.3 Å². The molecular formula is C18H18N2O6. The molecule has 8 heteroatoms. The van der Waals surface area contributed by atoms with E-state index < -0.39 is 4.92 Å². The minimum Gasteiger partial charge on any atom is -0.461 e. The van der Waals surface area contributed by atoms with E-state index in [-0.39, 0.29) is 30.1 Å². The van der Waals surface area contributed by atoms with Crippen molar-refractivity contribution in [3.8, 4) is 0 Å². The third-order valence-electron chi connectivity index (χ3n) is 4.38. The lowest BCUT2D eigenvalue weighted by Crippen LogP contribution is -2.40. The number of likely N-dealkylation sites (tertiary alicyclic amines) is 1. The van der Waals surface area contributed by atoms with Crippen LogP contribution < -0.4 is 0 Å². The molecule has 0 unspecified atom stereocenters. The molecule has 1 aromatic heterocycles. The number of esters is 1. The molecule has 2 heterocycles. The van der Waals surface area contributed by atoms with Gasteiger partial charge < -0.3 is 14.1 Å². The molecule has 1 amide bonds. The smallest absolute Gasteiger partial charge is 0.309 e. The molecule has 1 aromatic carbocycles. The monoisotopic (exact) mass is 358 g/mol. The number of benzene rings is 1. The van der Waals surface area contributed by atoms with E-state index in [1.54, 1.807) is 29.2 Å². The highest BCUT2D eigenvalue weighted by Gasteiger charge is 2.29. The van der Waals surface area contributed by atoms with Gasteiger partial charge in [-0.05, 0) is 42.7 Å². The fourth-order valence-corrected chi connectivity index (χ4v) is 2.86. The van der Waals surface area contributed by atoms with Crippen LogP contribution in [0.2, 0.25) is 0 Å². The van der Waals surface area contributed by atoms with Crippen molar-refractivity contribution in [2.75, 3.05) is 13.1 Å². The maximum atomic E-state index is 12.2. The van der Waals surface area contributed by atoms with Crippen molar-refractivity contribution in [2.45, 2.75) is 19.4 Å². The number of furan rings is 1. The third-order valence-corrected chi connectivity index (χ3v) is 4.38. The summed E-state index contributed by atoms with van der Waals surface area (Å²) in [4.78, 5) is 36.2. The van der Waals surface area contributed by atoms with Crippen molar-refractivity contribution in [1.82, 2.24) is 4.90 Å². The predicted octanol–water partition coefficient (Wildman–Crippen LogP) is 2.78. The first-order valence-corrected chi connectivity index (χ1v) is 8.27. The number of non-ortho nitro benzene ring substituents is 1. The molecular weight excluding hydrogens is 340 g/mol. The maximum absolute atomic E-state index is 12.2. The van der Waals surface area contributed by atoms with Gasteiger partial charge >= 0.3 is 5.97 Å². The van der Waals surface area contributed by atoms with E-state index >= 15 is 0 Å². The third kappa shape index (κ3) is 4.08. The first-order valence-electron chi connectivity index (χ1n) is 8.27. The largest absolute Gasteiger partial charge is 0.461 e. The summed E-state index contributed by atoms with van der Waals surface area (Å²) < 4.78 is 10.4. The summed E-state index contributed by atoms with van der Waals surface area (Å²) in [5.41, 5.74) is 0.683. The van der Waals surface area contributed by atoms with Gasteiger partial charge in [0, 0.05) is 25.2 Å². The van der Waals surface area contributed by atoms with Gasteiger partial charge in [-0.1, -0.05) is 0 Å². The molecule has 1 aliphatic rings. The van der Waals surface area contributed by atoms with E-state index in [2.05, 4.69) is 0 Å². The van der Waals surface area contributed by atoms with Crippen LogP contribution in [-0.2, 0) is 16.1 Å². The van der Waals surface area contributed by atoms with Crippen molar-refractivity contribution in [3.63, 3.8) is 0 Å². The fraction of sp³-hybridized carbons (Fsp3) is 0.333. The number of ether oxygens (including phenoxy) is 1. The van der Waals surface area contributed by atoms with E-state index in [1.165, 1.54) is 18.4 Å². The Bertz CT molecular complexity index is 777. The average Bonchev–Trinajstić information content (AvgIpc) is 3.20. The minimum absolute atomic E-state index is 0.00586. The summed E-state index contributed by atoms with van der Waals surface area (Å²) in [6.45, 7) is 1.01. The highest BCUT2D eigenvalue weighted by Crippen LogP contribution is 2.21. The molecule has 26 heavy (non-hydrogen) atoms. The lowest BCUT2D eigenvalue weighted by molar-refractivity contribution is -0.384. The van der Waals surface area contributed by atoms with Crippen molar-refractivity contribution in [1.29, 1.82) is 0 Å². The van der Waals surface area contributed by atoms with Crippen molar-refractivity contribution >= 4 is 17.6 Å². The van der Waals surface area contributed by atoms with Crippen LogP contribution in [0.1, 0.15) is 29.0 Å². The number of nitro groups is 1. The number of rotatable bonds is 5. The summed E-state index contributed by atoms with van der Waals surface area (Å²) in [6.07, 6.45) is 2.52. The van der Waals surface area contributed by atoms with Crippen LogP contribution >= 0.6 is 0 Å². The van der Waals surface area contributed by atoms with E-state index in [9.17, 15) is 19.7 Å². The van der Waals surface area contributed by atoms with Crippen LogP contribution in [0, 0.1) is 16.0 Å². The van der Waals surface area contributed by atoms with Crippen LogP contribution in [0.15, 0.2) is 47.1 Å². The quantitative estimate of drug-likeness (QED) is 0.462. The number of piperidine rings is 1. The second kappa shape index (κ2) is 7.81. The number of nitro benzene ring substituents is 1. The Morgan fingerprint density at radius 3 is 2.46 bits per heavy atom. The van der Waals surface area contributed by atoms with Gasteiger partial charge in [0.05, 0.1) is 17.1 Å². The molecule has 0 saturated carbocycles. The van der Waals surface area contributed by atoms with Gasteiger partial charge in [0.2, 0.25) is 0 Å². The summed E-state index contributed by atoms with van der Waals surface area (Å²) in [6, 6.07) is 9.17. The zero-order chi connectivity index (χ0) is 18.5. The zero-order valence-electron chi connectivity index (χ0n) is 14.0. The maximum Gasteiger partial charge on any atom is 0.309 e. The van der Waals surface area contributed by atoms with Crippen LogP contribution in [0.4, 0.5) is 5.69 Å². The van der Waals surface area contributed by atoms with Gasteiger partial charge in [-0.15, -0.1) is 0 Å². The van der Waals surface area contributed by atoms with E-state index in [0.717, 1.165) is 0 Å². The molecule has 2 aromatic rings. The molecule has 1 saturated heterocycles. The summed E-state index contributed by atoms with van der Waals surface area (Å²) >= 11 is 0. The molecule has 1 aliphatic heterocycles. The number of hydrogen-bond donors (Lipinski definition) is 0. The molecule has 0 radical (unpaired) electrons. The number of amides is 1. The van der Waals surface area contributed by atoms with Gasteiger partial charge in [0.1, 0.15) is 6.61 Å². The van der Waals surface area contributed by atoms with Crippen LogP contribution in [0.5, 0.6) is 0 Å². The Labute approximate surface area is 149 Å². The molecule has 0 aliphatic carbocycles. The Hall–Kier alpha value is -3.16. The van der Waals surface area contributed by atoms with Crippen molar-refractivity contribution in [2.24, 2.45) is 5.92 Å². The van der Waals surface area contributed by atoms with Gasteiger partial charge in [0.15, 0.2) is 5.76 Å². The number of nitrogens with zero attached hydrogens (tertiary/aromatic N) is 2. The first kappa shape index (κ1) is 17.7. The van der Waals surface area contributed by atoms with Crippen LogP contribution in [0.3, 0.4) is 0 Å². The Kier molecular flexibility index (Phi) is 5.31. The number of carbonyl (C=O) groups is 2. The highest BCUT2D eigenvalue weighted by atomic mass is 16.6. The second-order valence-corrected chi connectivity index (χ2v) is 6.08. The molecule has 8 nitrogen and oxygen atoms in total. The molecule has 3 rings (SSSR count). The lowest BCUT2D eigenvalue weighted by Gasteiger charge is -2.30. The Morgan fingerprint density at radius 2 is 1.88 bits per heavy atom. The fourth-order valence-electron chi connectivity index (χ4n) is 2.86. The molecule has 136 valence electrons. The van der Waals surface area contributed by atoms with Gasteiger partial charge in [-0.3, -0.25) is 19.7 Å². The van der Waals surface area contributed by atoms with Crippen LogP contribution in [-0.4, -0.2) is 34.8 Å². The molecule has 0 bridgehead atoms. The minimum atomic E-state index is -0.479. The summed E-state index contributed by atoms with van der Waals surface area (Å²) in [5.74, 6) is -0.445. The molecule has 0 N–H and O–H groups in total. The Morgan fingerprint density at radius 1 is 1.19 bits per heavy atom. The van der Waals surface area contributed by atoms with Gasteiger partial charge in [-0.25, -0.2) is 0 Å². The predicted molar refractivity (Wildman–Crippen MR) is 90.2 cm³/mol. The van der Waals surface area contributed by atoms with Crippen LogP contribution in [0.25, 0.3) is 0 Å². The number of carbonyl (C=O) groups excluding carboxylic acids is 2. The molecule has 0 spiro atoms. The van der Waals surface area contributed by atoms with Gasteiger partial charge in [0.25, 0.3) is 11.6 Å². The topological polar surface area (TPSA) is 103 Å². The standard InChI is InChI=1S/C18H18N2O6/c21-17(16-2-1-11-25-16)19-9-7-14(8-10-19)18(22)26-12-13-3-5-15(6-4-13)20(23)24/h1-6,11,14H,7-10,12H2. The van der Waals surface area contributed by atoms with Gasteiger partial charge in [-0.2, -0.15) is 0 Å². The molecule has 0 atom stereocenters. The van der Waals surface area contributed by atoms with Crippen molar-refractivity contribution in [3.05, 3.63) is 64.1 Å². The average molecular weight is 358 g/mol. The highest BCUT2D eigenvalue weighted by molar-refractivity contribution is 5.91. The zero-order valence-corrected chi connectivity index (χ0v) is 14.0. The number of hydrogen-bond acceptors (Lipinski definition) is 6. The first-order chi connectivity index (χ1) is 12.5. The van der Waals surface area contributed by atoms with E-state index in [1.807, 2.05) is 0 Å².